The maximum absolute atomic E-state index is 13.7. The summed E-state index contributed by atoms with van der Waals surface area (Å²) in [6.07, 6.45) is 0.576. The topological polar surface area (TPSA) is 70.8 Å². The van der Waals surface area contributed by atoms with Crippen LogP contribution in [-0.4, -0.2) is 35.5 Å². The Morgan fingerprint density at radius 3 is 2.62 bits per heavy atom. The van der Waals surface area contributed by atoms with E-state index in [0.29, 0.717) is 23.5 Å². The van der Waals surface area contributed by atoms with Crippen molar-refractivity contribution in [1.29, 1.82) is 0 Å². The lowest BCUT2D eigenvalue weighted by molar-refractivity contribution is -0.142. The van der Waals surface area contributed by atoms with E-state index in [4.69, 9.17) is 9.52 Å². The van der Waals surface area contributed by atoms with Crippen LogP contribution < -0.4 is 0 Å². The van der Waals surface area contributed by atoms with Crippen molar-refractivity contribution >= 4 is 11.9 Å². The maximum Gasteiger partial charge on any atom is 0.308 e. The van der Waals surface area contributed by atoms with Crippen LogP contribution in [0.3, 0.4) is 0 Å². The Labute approximate surface area is 139 Å². The fourth-order valence-corrected chi connectivity index (χ4v) is 2.33. The normalized spacial score (nSPS) is 12.0. The number of hydrogen-bond donors (Lipinski definition) is 1. The van der Waals surface area contributed by atoms with Gasteiger partial charge in [0, 0.05) is 26.4 Å². The maximum atomic E-state index is 13.7. The Kier molecular flexibility index (Phi) is 5.73. The zero-order chi connectivity index (χ0) is 17.7. The molecular formula is C18H20FNO4. The van der Waals surface area contributed by atoms with Crippen molar-refractivity contribution < 1.29 is 23.5 Å². The predicted molar refractivity (Wildman–Crippen MR) is 86.9 cm³/mol. The first-order valence-electron chi connectivity index (χ1n) is 7.69. The number of aliphatic carboxylic acids is 1. The first-order chi connectivity index (χ1) is 11.4. The largest absolute Gasteiger partial charge is 0.481 e. The molecule has 128 valence electrons. The molecular weight excluding hydrogens is 313 g/mol. The van der Waals surface area contributed by atoms with Gasteiger partial charge in [0.25, 0.3) is 0 Å². The third-order valence-corrected chi connectivity index (χ3v) is 3.78. The molecule has 0 radical (unpaired) electrons. The molecule has 5 nitrogen and oxygen atoms in total. The minimum absolute atomic E-state index is 0.160. The molecule has 0 aliphatic rings. The average Bonchev–Trinajstić information content (AvgIpc) is 3.01. The lowest BCUT2D eigenvalue weighted by Gasteiger charge is -2.19. The van der Waals surface area contributed by atoms with Gasteiger partial charge in [-0.25, -0.2) is 4.39 Å². The Balaban J connectivity index is 1.92. The molecule has 0 spiro atoms. The third-order valence-electron chi connectivity index (χ3n) is 3.78. The molecule has 1 N–H and O–H groups in total. The quantitative estimate of drug-likeness (QED) is 0.845. The van der Waals surface area contributed by atoms with Crippen LogP contribution in [0, 0.1) is 11.7 Å². The number of carbonyl (C=O) groups excluding carboxylic acids is 1. The summed E-state index contributed by atoms with van der Waals surface area (Å²) in [5.74, 6) is -1.07. The molecule has 0 bridgehead atoms. The number of rotatable bonds is 7. The van der Waals surface area contributed by atoms with E-state index in [1.165, 1.54) is 11.0 Å². The van der Waals surface area contributed by atoms with Gasteiger partial charge in [0.1, 0.15) is 17.3 Å². The smallest absolute Gasteiger partial charge is 0.308 e. The summed E-state index contributed by atoms with van der Waals surface area (Å²) >= 11 is 0. The SMILES string of the molecule is CC(CN(C)C(=O)CCc1ccc(-c2ccccc2F)o1)C(=O)O. The van der Waals surface area contributed by atoms with Gasteiger partial charge in [-0.05, 0) is 24.3 Å². The van der Waals surface area contributed by atoms with E-state index in [9.17, 15) is 14.0 Å². The highest BCUT2D eigenvalue weighted by Gasteiger charge is 2.18. The number of furan rings is 1. The van der Waals surface area contributed by atoms with Crippen molar-refractivity contribution in [3.8, 4) is 11.3 Å². The minimum atomic E-state index is -0.935. The van der Waals surface area contributed by atoms with Gasteiger partial charge in [0.2, 0.25) is 5.91 Å². The molecule has 1 amide bonds. The lowest BCUT2D eigenvalue weighted by atomic mass is 10.1. The number of amides is 1. The number of nitrogens with zero attached hydrogens (tertiary/aromatic N) is 1. The van der Waals surface area contributed by atoms with Gasteiger partial charge >= 0.3 is 5.97 Å². The van der Waals surface area contributed by atoms with Crippen LogP contribution in [0.15, 0.2) is 40.8 Å². The molecule has 1 aromatic carbocycles. The van der Waals surface area contributed by atoms with Gasteiger partial charge in [-0.3, -0.25) is 9.59 Å². The number of carboxylic acid groups (broad SMARTS) is 1. The molecule has 0 aliphatic heterocycles. The summed E-state index contributed by atoms with van der Waals surface area (Å²) in [5, 5.41) is 8.87. The molecule has 0 fully saturated rings. The van der Waals surface area contributed by atoms with Crippen molar-refractivity contribution in [2.45, 2.75) is 19.8 Å². The minimum Gasteiger partial charge on any atom is -0.481 e. The molecule has 1 unspecified atom stereocenters. The van der Waals surface area contributed by atoms with E-state index >= 15 is 0 Å². The van der Waals surface area contributed by atoms with Crippen molar-refractivity contribution in [3.63, 3.8) is 0 Å². The van der Waals surface area contributed by atoms with Crippen LogP contribution in [0.5, 0.6) is 0 Å². The van der Waals surface area contributed by atoms with Crippen molar-refractivity contribution in [2.24, 2.45) is 5.92 Å². The molecule has 1 heterocycles. The van der Waals surface area contributed by atoms with Gasteiger partial charge < -0.3 is 14.4 Å². The van der Waals surface area contributed by atoms with Gasteiger partial charge in [-0.15, -0.1) is 0 Å². The molecule has 1 aromatic heterocycles. The number of aryl methyl sites for hydroxylation is 1. The molecule has 6 heteroatoms. The molecule has 2 aromatic rings. The predicted octanol–water partition coefficient (Wildman–Crippen LogP) is 3.20. The average molecular weight is 333 g/mol. The van der Waals surface area contributed by atoms with Gasteiger partial charge in [0.05, 0.1) is 11.5 Å². The van der Waals surface area contributed by atoms with Crippen LogP contribution in [0.2, 0.25) is 0 Å². The standard InChI is InChI=1S/C18H20FNO4/c1-12(18(22)23)11-20(2)17(21)10-8-13-7-9-16(24-13)14-5-3-4-6-15(14)19/h3-7,9,12H,8,10-11H2,1-2H3,(H,22,23). The number of halogens is 1. The number of benzene rings is 1. The molecule has 0 aliphatic carbocycles. The second kappa shape index (κ2) is 7.77. The Morgan fingerprint density at radius 1 is 1.25 bits per heavy atom. The number of hydrogen-bond acceptors (Lipinski definition) is 3. The van der Waals surface area contributed by atoms with Crippen LogP contribution >= 0.6 is 0 Å². The van der Waals surface area contributed by atoms with Crippen LogP contribution in [0.25, 0.3) is 11.3 Å². The number of carbonyl (C=O) groups is 2. The Morgan fingerprint density at radius 2 is 1.96 bits per heavy atom. The van der Waals surface area contributed by atoms with Crippen molar-refractivity contribution in [2.75, 3.05) is 13.6 Å². The van der Waals surface area contributed by atoms with E-state index in [-0.39, 0.29) is 24.7 Å². The lowest BCUT2D eigenvalue weighted by Crippen LogP contribution is -2.33. The molecule has 24 heavy (non-hydrogen) atoms. The Bertz CT molecular complexity index is 725. The summed E-state index contributed by atoms with van der Waals surface area (Å²) in [7, 11) is 1.58. The van der Waals surface area contributed by atoms with Gasteiger partial charge in [0.15, 0.2) is 0 Å². The highest BCUT2D eigenvalue weighted by atomic mass is 19.1. The summed E-state index contributed by atoms with van der Waals surface area (Å²) in [4.78, 5) is 24.3. The fraction of sp³-hybridized carbons (Fsp3) is 0.333. The fourth-order valence-electron chi connectivity index (χ4n) is 2.33. The Hall–Kier alpha value is -2.63. The van der Waals surface area contributed by atoms with Crippen LogP contribution in [-0.2, 0) is 16.0 Å². The second-order valence-corrected chi connectivity index (χ2v) is 5.76. The van der Waals surface area contributed by atoms with Crippen LogP contribution in [0.1, 0.15) is 19.1 Å². The molecule has 0 saturated carbocycles. The van der Waals surface area contributed by atoms with E-state index in [0.717, 1.165) is 0 Å². The third kappa shape index (κ3) is 4.44. The molecule has 1 atom stereocenters. The van der Waals surface area contributed by atoms with Gasteiger partial charge in [-0.1, -0.05) is 19.1 Å². The van der Waals surface area contributed by atoms with Gasteiger partial charge in [-0.2, -0.15) is 0 Å². The highest BCUT2D eigenvalue weighted by molar-refractivity contribution is 5.77. The first-order valence-corrected chi connectivity index (χ1v) is 7.69. The van der Waals surface area contributed by atoms with E-state index in [1.807, 2.05) is 0 Å². The zero-order valence-corrected chi connectivity index (χ0v) is 13.7. The summed E-state index contributed by atoms with van der Waals surface area (Å²) in [5.41, 5.74) is 0.377. The van der Waals surface area contributed by atoms with Crippen molar-refractivity contribution in [3.05, 3.63) is 48.0 Å². The van der Waals surface area contributed by atoms with E-state index < -0.39 is 11.9 Å². The second-order valence-electron chi connectivity index (χ2n) is 5.76. The number of carboxylic acids is 1. The zero-order valence-electron chi connectivity index (χ0n) is 13.7. The monoisotopic (exact) mass is 333 g/mol. The summed E-state index contributed by atoms with van der Waals surface area (Å²) in [6, 6.07) is 9.71. The van der Waals surface area contributed by atoms with E-state index in [1.54, 1.807) is 44.3 Å². The summed E-state index contributed by atoms with van der Waals surface area (Å²) < 4.78 is 19.3. The van der Waals surface area contributed by atoms with Crippen molar-refractivity contribution in [1.82, 2.24) is 4.90 Å². The molecule has 0 saturated heterocycles. The highest BCUT2D eigenvalue weighted by Crippen LogP contribution is 2.25. The van der Waals surface area contributed by atoms with Crippen LogP contribution in [0.4, 0.5) is 4.39 Å². The summed E-state index contributed by atoms with van der Waals surface area (Å²) in [6.45, 7) is 1.71. The first kappa shape index (κ1) is 17.7. The van der Waals surface area contributed by atoms with E-state index in [2.05, 4.69) is 0 Å². The molecule has 2 rings (SSSR count).